The zero-order valence-electron chi connectivity index (χ0n) is 11.9. The number of nitrogens with zero attached hydrogens (tertiary/aromatic N) is 1. The largest absolute Gasteiger partial charge is 0.446 e. The van der Waals surface area contributed by atoms with Gasteiger partial charge in [-0.05, 0) is 61.3 Å². The van der Waals surface area contributed by atoms with Crippen LogP contribution < -0.4 is 5.32 Å². The average molecular weight is 316 g/mol. The Morgan fingerprint density at radius 1 is 1.24 bits per heavy atom. The molecule has 3 unspecified atom stereocenters. The van der Waals surface area contributed by atoms with Crippen LogP contribution in [0.4, 0.5) is 13.2 Å². The molecule has 3 rings (SSSR count). The molecule has 116 valence electrons. The minimum absolute atomic E-state index is 0.0556. The summed E-state index contributed by atoms with van der Waals surface area (Å²) in [4.78, 5) is 2.70. The van der Waals surface area contributed by atoms with Gasteiger partial charge in [0.15, 0.2) is 0 Å². The van der Waals surface area contributed by atoms with Crippen molar-refractivity contribution >= 4 is 11.8 Å². The molecular weight excluding hydrogens is 297 g/mol. The summed E-state index contributed by atoms with van der Waals surface area (Å²) in [5.41, 5.74) is -3.13. The van der Waals surface area contributed by atoms with Crippen molar-refractivity contribution in [3.8, 4) is 0 Å². The summed E-state index contributed by atoms with van der Waals surface area (Å²) in [6.45, 7) is 6.34. The van der Waals surface area contributed by atoms with Crippen molar-refractivity contribution in [3.05, 3.63) is 29.8 Å². The van der Waals surface area contributed by atoms with Gasteiger partial charge in [0.05, 0.1) is 0 Å². The van der Waals surface area contributed by atoms with Gasteiger partial charge in [-0.3, -0.25) is 4.90 Å². The van der Waals surface area contributed by atoms with Gasteiger partial charge < -0.3 is 5.32 Å². The first-order valence-corrected chi connectivity index (χ1v) is 8.03. The number of fused-ring (bicyclic) bond motifs is 1. The molecule has 0 radical (unpaired) electrons. The van der Waals surface area contributed by atoms with Gasteiger partial charge in [-0.15, -0.1) is 0 Å². The highest BCUT2D eigenvalue weighted by atomic mass is 32.2. The van der Waals surface area contributed by atoms with Gasteiger partial charge in [0, 0.05) is 24.0 Å². The van der Waals surface area contributed by atoms with Gasteiger partial charge >= 0.3 is 5.51 Å². The monoisotopic (exact) mass is 316 g/mol. The van der Waals surface area contributed by atoms with Crippen LogP contribution in [0.5, 0.6) is 0 Å². The van der Waals surface area contributed by atoms with Crippen molar-refractivity contribution < 1.29 is 13.2 Å². The zero-order chi connectivity index (χ0) is 15.0. The summed E-state index contributed by atoms with van der Waals surface area (Å²) in [5.74, 6) is 1.44. The Kier molecular flexibility index (Phi) is 4.21. The maximum atomic E-state index is 12.3. The summed E-state index contributed by atoms with van der Waals surface area (Å²) in [6.07, 6.45) is 0. The van der Waals surface area contributed by atoms with Crippen LogP contribution in [-0.4, -0.2) is 36.1 Å². The van der Waals surface area contributed by atoms with Crippen LogP contribution in [0.25, 0.3) is 0 Å². The Labute approximate surface area is 127 Å². The quantitative estimate of drug-likeness (QED) is 0.861. The van der Waals surface area contributed by atoms with E-state index >= 15 is 0 Å². The van der Waals surface area contributed by atoms with Crippen molar-refractivity contribution in [2.24, 2.45) is 11.8 Å². The van der Waals surface area contributed by atoms with Gasteiger partial charge in [0.25, 0.3) is 0 Å². The topological polar surface area (TPSA) is 15.3 Å². The molecule has 0 aromatic heterocycles. The highest BCUT2D eigenvalue weighted by Gasteiger charge is 2.41. The molecule has 2 aliphatic rings. The molecule has 2 saturated heterocycles. The molecule has 3 atom stereocenters. The van der Waals surface area contributed by atoms with E-state index in [1.54, 1.807) is 12.1 Å². The summed E-state index contributed by atoms with van der Waals surface area (Å²) >= 11 is -0.0556. The molecule has 0 spiro atoms. The summed E-state index contributed by atoms with van der Waals surface area (Å²) in [6, 6.07) is 7.29. The number of halogens is 3. The lowest BCUT2D eigenvalue weighted by atomic mass is 9.95. The number of benzene rings is 1. The smallest absolute Gasteiger partial charge is 0.316 e. The number of alkyl halides is 3. The van der Waals surface area contributed by atoms with Gasteiger partial charge in [0.2, 0.25) is 0 Å². The Bertz CT molecular complexity index is 489. The Hall–Kier alpha value is -0.720. The maximum absolute atomic E-state index is 12.3. The average Bonchev–Trinajstić information content (AvgIpc) is 2.95. The third-order valence-electron chi connectivity index (χ3n) is 4.60. The zero-order valence-corrected chi connectivity index (χ0v) is 12.7. The molecule has 21 heavy (non-hydrogen) atoms. The number of thioether (sulfide) groups is 1. The van der Waals surface area contributed by atoms with Crippen LogP contribution in [0.1, 0.15) is 12.5 Å². The third-order valence-corrected chi connectivity index (χ3v) is 5.34. The van der Waals surface area contributed by atoms with Crippen molar-refractivity contribution in [2.45, 2.75) is 29.9 Å². The third kappa shape index (κ3) is 3.55. The molecule has 6 heteroatoms. The lowest BCUT2D eigenvalue weighted by Gasteiger charge is -2.24. The van der Waals surface area contributed by atoms with Crippen molar-refractivity contribution in [2.75, 3.05) is 19.6 Å². The predicted molar refractivity (Wildman–Crippen MR) is 78.1 cm³/mol. The molecule has 0 bridgehead atoms. The highest BCUT2D eigenvalue weighted by molar-refractivity contribution is 8.00. The van der Waals surface area contributed by atoms with Gasteiger partial charge in [0.1, 0.15) is 0 Å². The standard InChI is InChI=1S/C15H19F3N2S/c1-10-14-7-19-6-12(14)9-20(10)8-11-2-4-13(5-3-11)21-15(16,17)18/h2-5,10,12,14,19H,6-9H2,1H3. The van der Waals surface area contributed by atoms with E-state index in [2.05, 4.69) is 17.1 Å². The second-order valence-electron chi connectivity index (χ2n) is 5.94. The van der Waals surface area contributed by atoms with E-state index in [1.807, 2.05) is 12.1 Å². The van der Waals surface area contributed by atoms with Crippen molar-refractivity contribution in [1.82, 2.24) is 10.2 Å². The fraction of sp³-hybridized carbons (Fsp3) is 0.600. The van der Waals surface area contributed by atoms with Gasteiger partial charge in [-0.1, -0.05) is 12.1 Å². The van der Waals surface area contributed by atoms with E-state index in [-0.39, 0.29) is 16.7 Å². The molecule has 1 N–H and O–H groups in total. The molecule has 2 aliphatic heterocycles. The number of rotatable bonds is 3. The van der Waals surface area contributed by atoms with Crippen LogP contribution in [-0.2, 0) is 6.54 Å². The molecule has 0 amide bonds. The number of nitrogens with one attached hydrogen (secondary N) is 1. The SMILES string of the molecule is CC1C2CNCC2CN1Cc1ccc(SC(F)(F)F)cc1. The Balaban J connectivity index is 1.61. The first kappa shape index (κ1) is 15.2. The fourth-order valence-corrected chi connectivity index (χ4v) is 4.04. The lowest BCUT2D eigenvalue weighted by molar-refractivity contribution is -0.0328. The first-order chi connectivity index (χ1) is 9.92. The van der Waals surface area contributed by atoms with Crippen LogP contribution in [0.2, 0.25) is 0 Å². The molecular formula is C15H19F3N2S. The van der Waals surface area contributed by atoms with E-state index in [0.29, 0.717) is 12.0 Å². The molecule has 1 aromatic rings. The minimum atomic E-state index is -4.21. The first-order valence-electron chi connectivity index (χ1n) is 7.22. The molecule has 2 fully saturated rings. The molecule has 0 aliphatic carbocycles. The summed E-state index contributed by atoms with van der Waals surface area (Å²) in [7, 11) is 0. The Morgan fingerprint density at radius 2 is 1.95 bits per heavy atom. The van der Waals surface area contributed by atoms with Crippen LogP contribution in [0.3, 0.4) is 0 Å². The second-order valence-corrected chi connectivity index (χ2v) is 7.08. The van der Waals surface area contributed by atoms with Crippen molar-refractivity contribution in [3.63, 3.8) is 0 Å². The predicted octanol–water partition coefficient (Wildman–Crippen LogP) is 3.34. The number of likely N-dealkylation sites (tertiary alicyclic amines) is 1. The van der Waals surface area contributed by atoms with E-state index in [1.165, 1.54) is 0 Å². The summed E-state index contributed by atoms with van der Waals surface area (Å²) in [5, 5.41) is 3.43. The van der Waals surface area contributed by atoms with E-state index in [4.69, 9.17) is 0 Å². The van der Waals surface area contributed by atoms with Gasteiger partial charge in [-0.25, -0.2) is 0 Å². The second kappa shape index (κ2) is 5.82. The van der Waals surface area contributed by atoms with Crippen LogP contribution in [0.15, 0.2) is 29.2 Å². The van der Waals surface area contributed by atoms with Crippen LogP contribution >= 0.6 is 11.8 Å². The van der Waals surface area contributed by atoms with Gasteiger partial charge in [-0.2, -0.15) is 13.2 Å². The van der Waals surface area contributed by atoms with Crippen LogP contribution in [0, 0.1) is 11.8 Å². The molecule has 2 nitrogen and oxygen atoms in total. The number of hydrogen-bond donors (Lipinski definition) is 1. The fourth-order valence-electron chi connectivity index (χ4n) is 3.50. The van der Waals surface area contributed by atoms with E-state index in [9.17, 15) is 13.2 Å². The summed E-state index contributed by atoms with van der Waals surface area (Å²) < 4.78 is 36.9. The highest BCUT2D eigenvalue weighted by Crippen LogP contribution is 2.37. The molecule has 2 heterocycles. The normalized spacial score (nSPS) is 29.8. The van der Waals surface area contributed by atoms with E-state index < -0.39 is 5.51 Å². The maximum Gasteiger partial charge on any atom is 0.446 e. The Morgan fingerprint density at radius 3 is 2.57 bits per heavy atom. The van der Waals surface area contributed by atoms with E-state index in [0.717, 1.165) is 37.7 Å². The lowest BCUT2D eigenvalue weighted by Crippen LogP contribution is -2.32. The van der Waals surface area contributed by atoms with Crippen molar-refractivity contribution in [1.29, 1.82) is 0 Å². The number of hydrogen-bond acceptors (Lipinski definition) is 3. The molecule has 0 saturated carbocycles. The minimum Gasteiger partial charge on any atom is -0.316 e. The molecule has 1 aromatic carbocycles.